The van der Waals surface area contributed by atoms with E-state index in [0.29, 0.717) is 21.3 Å². The first-order chi connectivity index (χ1) is 18.6. The molecule has 12 heteroatoms. The summed E-state index contributed by atoms with van der Waals surface area (Å²) < 4.78 is 49.8. The number of aryl methyl sites for hydroxylation is 2. The SMILES string of the molecule is COc1cc2c(cc1CCCCCCCCCC(=O)O)nc(Nc1nc3ccc(OC(F)(F)F)cc3s1)n2C. The Balaban J connectivity index is 1.39. The molecule has 2 aromatic heterocycles. The van der Waals surface area contributed by atoms with Crippen LogP contribution < -0.4 is 14.8 Å². The van der Waals surface area contributed by atoms with Crippen LogP contribution >= 0.6 is 11.3 Å². The van der Waals surface area contributed by atoms with Gasteiger partial charge in [-0.3, -0.25) is 4.79 Å². The van der Waals surface area contributed by atoms with E-state index in [1.807, 2.05) is 23.7 Å². The zero-order valence-electron chi connectivity index (χ0n) is 21.8. The number of hydrogen-bond donors (Lipinski definition) is 2. The van der Waals surface area contributed by atoms with Crippen molar-refractivity contribution < 1.29 is 32.5 Å². The van der Waals surface area contributed by atoms with Crippen LogP contribution in [0.5, 0.6) is 11.5 Å². The number of methoxy groups -OCH3 is 1. The minimum Gasteiger partial charge on any atom is -0.496 e. The summed E-state index contributed by atoms with van der Waals surface area (Å²) in [6.45, 7) is 0. The highest BCUT2D eigenvalue weighted by atomic mass is 32.1. The number of thiazole rings is 1. The molecule has 210 valence electrons. The van der Waals surface area contributed by atoms with Crippen molar-refractivity contribution >= 4 is 49.6 Å². The molecule has 2 heterocycles. The Morgan fingerprint density at radius 2 is 1.74 bits per heavy atom. The van der Waals surface area contributed by atoms with E-state index >= 15 is 0 Å². The van der Waals surface area contributed by atoms with Gasteiger partial charge < -0.3 is 24.5 Å². The molecule has 39 heavy (non-hydrogen) atoms. The van der Waals surface area contributed by atoms with Crippen LogP contribution in [0.1, 0.15) is 56.9 Å². The number of unbranched alkanes of at least 4 members (excludes halogenated alkanes) is 6. The predicted molar refractivity (Wildman–Crippen MR) is 145 cm³/mol. The number of alkyl halides is 3. The molecule has 2 aromatic carbocycles. The maximum absolute atomic E-state index is 12.6. The Kier molecular flexibility index (Phi) is 9.16. The lowest BCUT2D eigenvalue weighted by molar-refractivity contribution is -0.274. The molecule has 0 aliphatic heterocycles. The number of ether oxygens (including phenoxy) is 2. The maximum Gasteiger partial charge on any atom is 0.573 e. The number of aliphatic carboxylic acids is 1. The van der Waals surface area contributed by atoms with Crippen molar-refractivity contribution in [1.82, 2.24) is 14.5 Å². The lowest BCUT2D eigenvalue weighted by atomic mass is 10.0. The Morgan fingerprint density at radius 3 is 2.44 bits per heavy atom. The zero-order valence-corrected chi connectivity index (χ0v) is 22.6. The standard InChI is InChI=1S/C27H31F3N4O4S/c1-34-21-16-22(37-2)17(10-8-6-4-3-5-7-9-11-24(35)36)14-20(21)31-25(34)33-26-32-19-13-12-18(15-23(19)39-26)38-27(28,29)30/h12-16H,3-11H2,1-2H3,(H,35,36)(H,31,32,33). The summed E-state index contributed by atoms with van der Waals surface area (Å²) >= 11 is 1.21. The van der Waals surface area contributed by atoms with Gasteiger partial charge in [0.05, 0.1) is 28.4 Å². The molecule has 2 N–H and O–H groups in total. The lowest BCUT2D eigenvalue weighted by Gasteiger charge is -2.09. The molecule has 0 unspecified atom stereocenters. The smallest absolute Gasteiger partial charge is 0.496 e. The largest absolute Gasteiger partial charge is 0.573 e. The first-order valence-electron chi connectivity index (χ1n) is 12.8. The van der Waals surface area contributed by atoms with Crippen LogP contribution in [0.4, 0.5) is 24.3 Å². The molecule has 8 nitrogen and oxygen atoms in total. The summed E-state index contributed by atoms with van der Waals surface area (Å²) in [6, 6.07) is 8.04. The Bertz CT molecular complexity index is 1430. The number of carboxylic acids is 1. The van der Waals surface area contributed by atoms with Crippen molar-refractivity contribution in [2.75, 3.05) is 12.4 Å². The van der Waals surface area contributed by atoms with Crippen LogP contribution in [0.2, 0.25) is 0 Å². The van der Waals surface area contributed by atoms with Crippen LogP contribution in [0.3, 0.4) is 0 Å². The number of benzene rings is 2. The zero-order chi connectivity index (χ0) is 28.0. The number of nitrogens with one attached hydrogen (secondary N) is 1. The third-order valence-corrected chi connectivity index (χ3v) is 7.37. The van der Waals surface area contributed by atoms with E-state index in [1.165, 1.54) is 29.5 Å². The van der Waals surface area contributed by atoms with E-state index in [0.717, 1.165) is 73.7 Å². The second-order valence-corrected chi connectivity index (χ2v) is 10.4. The Hall–Kier alpha value is -3.54. The fourth-order valence-corrected chi connectivity index (χ4v) is 5.37. The van der Waals surface area contributed by atoms with Crippen LogP contribution in [0.25, 0.3) is 21.3 Å². The van der Waals surface area contributed by atoms with Crippen molar-refractivity contribution in [1.29, 1.82) is 0 Å². The van der Waals surface area contributed by atoms with Crippen molar-refractivity contribution in [2.45, 2.75) is 64.1 Å². The molecular formula is C27H31F3N4O4S. The van der Waals surface area contributed by atoms with Gasteiger partial charge in [-0.25, -0.2) is 9.97 Å². The minimum absolute atomic E-state index is 0.245. The normalized spacial score (nSPS) is 11.8. The van der Waals surface area contributed by atoms with E-state index < -0.39 is 12.3 Å². The van der Waals surface area contributed by atoms with Crippen molar-refractivity contribution in [3.8, 4) is 11.5 Å². The molecule has 0 saturated heterocycles. The van der Waals surface area contributed by atoms with E-state index in [-0.39, 0.29) is 12.2 Å². The molecule has 4 rings (SSSR count). The van der Waals surface area contributed by atoms with Gasteiger partial charge in [-0.15, -0.1) is 13.2 Å². The Labute approximate surface area is 227 Å². The van der Waals surface area contributed by atoms with Gasteiger partial charge in [0.2, 0.25) is 5.95 Å². The molecule has 0 aliphatic rings. The van der Waals surface area contributed by atoms with Gasteiger partial charge >= 0.3 is 12.3 Å². The fraction of sp³-hybridized carbons (Fsp3) is 0.444. The Morgan fingerprint density at radius 1 is 1.03 bits per heavy atom. The quantitative estimate of drug-likeness (QED) is 0.152. The molecule has 4 aromatic rings. The number of aromatic nitrogens is 3. The van der Waals surface area contributed by atoms with E-state index in [2.05, 4.69) is 15.0 Å². The predicted octanol–water partition coefficient (Wildman–Crippen LogP) is 7.58. The highest BCUT2D eigenvalue weighted by Gasteiger charge is 2.31. The fourth-order valence-electron chi connectivity index (χ4n) is 4.49. The third kappa shape index (κ3) is 7.75. The van der Waals surface area contributed by atoms with Gasteiger partial charge in [0.15, 0.2) is 5.13 Å². The number of carbonyl (C=O) groups is 1. The van der Waals surface area contributed by atoms with Crippen LogP contribution in [0.15, 0.2) is 30.3 Å². The van der Waals surface area contributed by atoms with Gasteiger partial charge in [-0.05, 0) is 43.0 Å². The monoisotopic (exact) mass is 564 g/mol. The van der Waals surface area contributed by atoms with Crippen LogP contribution in [-0.2, 0) is 18.3 Å². The summed E-state index contributed by atoms with van der Waals surface area (Å²) in [6.07, 6.45) is 3.42. The number of fused-ring (bicyclic) bond motifs is 2. The number of anilines is 2. The van der Waals surface area contributed by atoms with Crippen LogP contribution in [-0.4, -0.2) is 39.1 Å². The molecule has 0 radical (unpaired) electrons. The number of imidazole rings is 1. The van der Waals surface area contributed by atoms with Crippen LogP contribution in [0, 0.1) is 0 Å². The number of carboxylic acid groups (broad SMARTS) is 1. The second-order valence-electron chi connectivity index (χ2n) is 9.34. The first-order valence-corrected chi connectivity index (χ1v) is 13.6. The van der Waals surface area contributed by atoms with E-state index in [1.54, 1.807) is 7.11 Å². The summed E-state index contributed by atoms with van der Waals surface area (Å²) in [5.41, 5.74) is 3.31. The number of halogens is 3. The molecule has 0 bridgehead atoms. The molecule has 0 fully saturated rings. The average molecular weight is 565 g/mol. The van der Waals surface area contributed by atoms with Gasteiger partial charge in [0, 0.05) is 25.6 Å². The van der Waals surface area contributed by atoms with Gasteiger partial charge in [-0.2, -0.15) is 0 Å². The molecule has 0 atom stereocenters. The average Bonchev–Trinajstić information content (AvgIpc) is 3.40. The van der Waals surface area contributed by atoms with Gasteiger partial charge in [0.25, 0.3) is 0 Å². The minimum atomic E-state index is -4.75. The summed E-state index contributed by atoms with van der Waals surface area (Å²) in [5, 5.41) is 12.4. The van der Waals surface area contributed by atoms with Crippen molar-refractivity contribution in [3.05, 3.63) is 35.9 Å². The number of rotatable bonds is 14. The topological polar surface area (TPSA) is 98.5 Å². The van der Waals surface area contributed by atoms with E-state index in [4.69, 9.17) is 14.8 Å². The summed E-state index contributed by atoms with van der Waals surface area (Å²) in [4.78, 5) is 19.8. The highest BCUT2D eigenvalue weighted by Crippen LogP contribution is 2.34. The molecular weight excluding hydrogens is 533 g/mol. The maximum atomic E-state index is 12.6. The highest BCUT2D eigenvalue weighted by molar-refractivity contribution is 7.22. The summed E-state index contributed by atoms with van der Waals surface area (Å²) in [7, 11) is 3.52. The molecule has 0 amide bonds. The van der Waals surface area contributed by atoms with Gasteiger partial charge in [-0.1, -0.05) is 43.4 Å². The van der Waals surface area contributed by atoms with Gasteiger partial charge in [0.1, 0.15) is 11.5 Å². The van der Waals surface area contributed by atoms with Crippen molar-refractivity contribution in [3.63, 3.8) is 0 Å². The molecule has 0 saturated carbocycles. The number of hydrogen-bond acceptors (Lipinski definition) is 7. The van der Waals surface area contributed by atoms with E-state index in [9.17, 15) is 18.0 Å². The summed E-state index contributed by atoms with van der Waals surface area (Å²) in [5.74, 6) is 0.328. The second kappa shape index (κ2) is 12.5. The lowest BCUT2D eigenvalue weighted by Crippen LogP contribution is -2.16. The van der Waals surface area contributed by atoms with Crippen molar-refractivity contribution in [2.24, 2.45) is 7.05 Å². The molecule has 0 aliphatic carbocycles. The molecule has 0 spiro atoms. The first kappa shape index (κ1) is 28.5. The third-order valence-electron chi connectivity index (χ3n) is 6.43. The number of nitrogens with zero attached hydrogens (tertiary/aromatic N) is 3.